The predicted molar refractivity (Wildman–Crippen MR) is 148 cm³/mol. The fraction of sp³-hybridized carbons (Fsp3) is 0.952. The molecule has 0 N–H and O–H groups in total. The molecular formula is C21H52O6Si5. The molecule has 0 spiro atoms. The van der Waals surface area contributed by atoms with Crippen LogP contribution in [0.2, 0.25) is 98.2 Å². The maximum Gasteiger partial charge on any atom is 0.187 e. The summed E-state index contributed by atoms with van der Waals surface area (Å²) in [5, 5.41) is 0. The van der Waals surface area contributed by atoms with Crippen molar-refractivity contribution in [2.45, 2.75) is 117 Å². The van der Waals surface area contributed by atoms with Crippen molar-refractivity contribution < 1.29 is 26.9 Å². The van der Waals surface area contributed by atoms with E-state index >= 15 is 0 Å². The molecule has 0 amide bonds. The first kappa shape index (κ1) is 32.6. The lowest BCUT2D eigenvalue weighted by Gasteiger charge is -2.42. The second-order valence-electron chi connectivity index (χ2n) is 13.4. The smallest absolute Gasteiger partial charge is 0.187 e. The fourth-order valence-electron chi connectivity index (χ4n) is 2.79. The zero-order chi connectivity index (χ0) is 25.8. The average molecular weight is 541 g/mol. The van der Waals surface area contributed by atoms with Crippen LogP contribution in [0, 0.1) is 0 Å². The van der Waals surface area contributed by atoms with Crippen LogP contribution in [0.4, 0.5) is 0 Å². The lowest BCUT2D eigenvalue weighted by atomic mass is 10.1. The maximum atomic E-state index is 13.5. The number of ketones is 1. The molecule has 11 heteroatoms. The topological polar surface area (TPSA) is 63.2 Å². The Morgan fingerprint density at radius 3 is 1.31 bits per heavy atom. The van der Waals surface area contributed by atoms with E-state index in [0.717, 1.165) is 0 Å². The first-order chi connectivity index (χ1) is 13.9. The molecule has 0 fully saturated rings. The van der Waals surface area contributed by atoms with Gasteiger partial charge in [0.05, 0.1) is 19.3 Å². The van der Waals surface area contributed by atoms with Crippen LogP contribution in [-0.4, -0.2) is 78.9 Å². The van der Waals surface area contributed by atoms with Gasteiger partial charge in [-0.2, -0.15) is 0 Å². The minimum absolute atomic E-state index is 0.0466. The van der Waals surface area contributed by atoms with Crippen molar-refractivity contribution >= 4 is 47.4 Å². The molecule has 0 radical (unpaired) electrons. The molecule has 3 atom stereocenters. The summed E-state index contributed by atoms with van der Waals surface area (Å²) < 4.78 is 32.1. The van der Waals surface area contributed by atoms with Gasteiger partial charge in [0.15, 0.2) is 47.4 Å². The monoisotopic (exact) mass is 540 g/mol. The number of carbonyl (C=O) groups is 1. The molecule has 0 aromatic rings. The number of carbonyl (C=O) groups excluding carboxylic acids is 1. The van der Waals surface area contributed by atoms with E-state index in [1.54, 1.807) is 0 Å². The van der Waals surface area contributed by atoms with Gasteiger partial charge >= 0.3 is 0 Å². The van der Waals surface area contributed by atoms with Crippen molar-refractivity contribution in [2.24, 2.45) is 0 Å². The largest absolute Gasteiger partial charge is 0.415 e. The maximum absolute atomic E-state index is 13.5. The predicted octanol–water partition coefficient (Wildman–Crippen LogP) is 5.92. The van der Waals surface area contributed by atoms with Gasteiger partial charge in [0.25, 0.3) is 0 Å². The molecule has 0 bridgehead atoms. The molecule has 0 heterocycles. The Hall–Kier alpha value is 0.554. The Balaban J connectivity index is 6.28. The molecule has 0 aliphatic carbocycles. The summed E-state index contributed by atoms with van der Waals surface area (Å²) >= 11 is 0. The van der Waals surface area contributed by atoms with Crippen molar-refractivity contribution in [1.82, 2.24) is 0 Å². The van der Waals surface area contributed by atoms with Gasteiger partial charge in [0.2, 0.25) is 0 Å². The summed E-state index contributed by atoms with van der Waals surface area (Å²) in [6.45, 7) is 32.4. The number of hydrogen-bond acceptors (Lipinski definition) is 6. The Labute approximate surface area is 203 Å². The Bertz CT molecular complexity index is 582. The van der Waals surface area contributed by atoms with Gasteiger partial charge in [-0.05, 0) is 98.2 Å². The van der Waals surface area contributed by atoms with Crippen LogP contribution in [0.5, 0.6) is 0 Å². The third kappa shape index (κ3) is 17.1. The van der Waals surface area contributed by atoms with Crippen LogP contribution in [0.25, 0.3) is 0 Å². The van der Waals surface area contributed by atoms with Crippen LogP contribution in [-0.2, 0) is 26.9 Å². The third-order valence-electron chi connectivity index (χ3n) is 3.79. The Morgan fingerprint density at radius 1 is 0.562 bits per heavy atom. The molecule has 0 aromatic carbocycles. The molecule has 0 aliphatic rings. The van der Waals surface area contributed by atoms with E-state index in [1.165, 1.54) is 0 Å². The standard InChI is InChI=1S/C21H52O6Si5/c1-28(2,3)23-16-18(22)20(26-31(10,11)12)21(27-32(13,14)15)19(25-30(7,8)9)17-24-29(4,5)6/h19-21H,16-17H2,1-15H3/t19-,20+,21-/m1/s1. The molecule has 0 rings (SSSR count). The summed E-state index contributed by atoms with van der Waals surface area (Å²) in [4.78, 5) is 13.5. The summed E-state index contributed by atoms with van der Waals surface area (Å²) in [5.41, 5.74) is 0. The van der Waals surface area contributed by atoms with E-state index in [0.29, 0.717) is 6.61 Å². The van der Waals surface area contributed by atoms with E-state index in [1.807, 2.05) is 0 Å². The molecule has 6 nitrogen and oxygen atoms in total. The zero-order valence-corrected chi connectivity index (χ0v) is 28.6. The molecule has 0 aromatic heterocycles. The molecule has 0 saturated heterocycles. The molecule has 0 saturated carbocycles. The third-order valence-corrected chi connectivity index (χ3v) is 8.78. The van der Waals surface area contributed by atoms with Crippen molar-refractivity contribution in [3.63, 3.8) is 0 Å². The van der Waals surface area contributed by atoms with Crippen LogP contribution >= 0.6 is 0 Å². The molecule has 32 heavy (non-hydrogen) atoms. The Morgan fingerprint density at radius 2 is 0.969 bits per heavy atom. The zero-order valence-electron chi connectivity index (χ0n) is 23.6. The number of rotatable bonds is 15. The van der Waals surface area contributed by atoms with E-state index in [9.17, 15) is 4.79 Å². The van der Waals surface area contributed by atoms with Crippen molar-refractivity contribution in [2.75, 3.05) is 13.2 Å². The van der Waals surface area contributed by atoms with E-state index in [4.69, 9.17) is 22.1 Å². The second kappa shape index (κ2) is 12.0. The highest BCUT2D eigenvalue weighted by Crippen LogP contribution is 2.25. The lowest BCUT2D eigenvalue weighted by Crippen LogP contribution is -2.58. The highest BCUT2D eigenvalue weighted by atomic mass is 28.4. The minimum atomic E-state index is -2.07. The fourth-order valence-corrected chi connectivity index (χ4v) is 7.26. The van der Waals surface area contributed by atoms with Crippen molar-refractivity contribution in [3.05, 3.63) is 0 Å². The quantitative estimate of drug-likeness (QED) is 0.240. The highest BCUT2D eigenvalue weighted by molar-refractivity contribution is 6.71. The van der Waals surface area contributed by atoms with Crippen LogP contribution < -0.4 is 0 Å². The number of hydrogen-bond donors (Lipinski definition) is 0. The van der Waals surface area contributed by atoms with Gasteiger partial charge < -0.3 is 22.1 Å². The molecule has 192 valence electrons. The van der Waals surface area contributed by atoms with Crippen LogP contribution in [0.1, 0.15) is 0 Å². The molecule has 0 aliphatic heterocycles. The summed E-state index contributed by atoms with van der Waals surface area (Å²) in [6.07, 6.45) is -1.61. The van der Waals surface area contributed by atoms with Crippen LogP contribution in [0.3, 0.4) is 0 Å². The van der Waals surface area contributed by atoms with E-state index in [2.05, 4.69) is 98.2 Å². The highest BCUT2D eigenvalue weighted by Gasteiger charge is 2.43. The lowest BCUT2D eigenvalue weighted by molar-refractivity contribution is -0.137. The van der Waals surface area contributed by atoms with Crippen molar-refractivity contribution in [1.29, 1.82) is 0 Å². The summed E-state index contributed by atoms with van der Waals surface area (Å²) in [6, 6.07) is 0. The Kier molecular flexibility index (Phi) is 12.2. The van der Waals surface area contributed by atoms with Gasteiger partial charge in [-0.25, -0.2) is 0 Å². The SMILES string of the molecule is C[Si](C)(C)OCC(=O)[C@H](O[Si](C)(C)C)[C@H](O[Si](C)(C)C)[C@@H](CO[Si](C)(C)C)O[Si](C)(C)C. The van der Waals surface area contributed by atoms with Gasteiger partial charge in [0, 0.05) is 0 Å². The molecular weight excluding hydrogens is 489 g/mol. The van der Waals surface area contributed by atoms with Crippen molar-refractivity contribution in [3.8, 4) is 0 Å². The first-order valence-corrected chi connectivity index (χ1v) is 28.8. The second-order valence-corrected chi connectivity index (χ2v) is 35.8. The normalized spacial score (nSPS) is 17.2. The van der Waals surface area contributed by atoms with E-state index < -0.39 is 53.8 Å². The van der Waals surface area contributed by atoms with Gasteiger partial charge in [-0.1, -0.05) is 0 Å². The first-order valence-electron chi connectivity index (χ1n) is 11.7. The average Bonchev–Trinajstić information content (AvgIpc) is 2.48. The van der Waals surface area contributed by atoms with Gasteiger partial charge in [-0.15, -0.1) is 0 Å². The number of Topliss-reactive ketones (excluding diaryl/α,β-unsaturated/α-hetero) is 1. The molecule has 0 unspecified atom stereocenters. The van der Waals surface area contributed by atoms with Gasteiger partial charge in [0.1, 0.15) is 12.2 Å². The van der Waals surface area contributed by atoms with Crippen LogP contribution in [0.15, 0.2) is 0 Å². The summed E-state index contributed by atoms with van der Waals surface area (Å²) in [5.74, 6) is -0.0599. The minimum Gasteiger partial charge on any atom is -0.415 e. The van der Waals surface area contributed by atoms with Gasteiger partial charge in [-0.3, -0.25) is 4.79 Å². The van der Waals surface area contributed by atoms with E-state index in [-0.39, 0.29) is 18.5 Å². The summed E-state index contributed by atoms with van der Waals surface area (Å²) in [7, 11) is -9.70.